The average molecular weight is 284 g/mol. The predicted molar refractivity (Wildman–Crippen MR) is 70.0 cm³/mol. The molecular weight excluding hydrogens is 264 g/mol. The van der Waals surface area contributed by atoms with Crippen LogP contribution in [-0.4, -0.2) is 73.3 Å². The summed E-state index contributed by atoms with van der Waals surface area (Å²) < 4.78 is 0. The Labute approximate surface area is 116 Å². The first-order valence-electron chi connectivity index (χ1n) is 6.57. The summed E-state index contributed by atoms with van der Waals surface area (Å²) in [5.74, 6) is -0.0844. The van der Waals surface area contributed by atoms with Crippen LogP contribution in [0.5, 0.6) is 0 Å². The van der Waals surface area contributed by atoms with Crippen molar-refractivity contribution in [1.82, 2.24) is 15.3 Å². The molecule has 0 aliphatic carbocycles. The van der Waals surface area contributed by atoms with E-state index in [1.165, 1.54) is 0 Å². The van der Waals surface area contributed by atoms with Crippen LogP contribution in [0.2, 0.25) is 0 Å². The Balaban J connectivity index is 2.21. The van der Waals surface area contributed by atoms with Crippen molar-refractivity contribution in [1.29, 1.82) is 5.41 Å². The molecule has 112 valence electrons. The first kappa shape index (κ1) is 13.4. The summed E-state index contributed by atoms with van der Waals surface area (Å²) in [6, 6.07) is -1.44. The highest BCUT2D eigenvalue weighted by molar-refractivity contribution is 5.86. The lowest BCUT2D eigenvalue weighted by Crippen LogP contribution is -2.80. The number of nitrogens with zero attached hydrogens (tertiary/aromatic N) is 3. The fourth-order valence-electron chi connectivity index (χ4n) is 4.02. The van der Waals surface area contributed by atoms with Gasteiger partial charge < -0.3 is 26.2 Å². The van der Waals surface area contributed by atoms with Crippen molar-refractivity contribution in [2.24, 2.45) is 10.7 Å². The molecule has 0 saturated carbocycles. The number of hydroxylamine groups is 2. The summed E-state index contributed by atoms with van der Waals surface area (Å²) in [6.07, 6.45) is 0.353. The quantitative estimate of drug-likeness (QED) is 0.321. The summed E-state index contributed by atoms with van der Waals surface area (Å²) in [5.41, 5.74) is 3.04. The fourth-order valence-corrected chi connectivity index (χ4v) is 4.02. The molecule has 0 aromatic heterocycles. The van der Waals surface area contributed by atoms with Crippen molar-refractivity contribution in [3.63, 3.8) is 0 Å². The third kappa shape index (κ3) is 1.23. The van der Waals surface area contributed by atoms with Crippen LogP contribution < -0.4 is 11.1 Å². The lowest BCUT2D eigenvalue weighted by atomic mass is 9.80. The lowest BCUT2D eigenvalue weighted by molar-refractivity contribution is -0.221. The third-order valence-electron chi connectivity index (χ3n) is 4.66. The van der Waals surface area contributed by atoms with Gasteiger partial charge in [-0.1, -0.05) is 0 Å². The van der Waals surface area contributed by atoms with Crippen LogP contribution >= 0.6 is 0 Å². The highest BCUT2D eigenvalue weighted by atomic mass is 16.5. The number of nitrogens with two attached hydrogens (primary N) is 1. The summed E-state index contributed by atoms with van der Waals surface area (Å²) in [6.45, 7) is 3.18. The zero-order valence-electron chi connectivity index (χ0n) is 11.4. The van der Waals surface area contributed by atoms with E-state index in [2.05, 4.69) is 10.3 Å². The second kappa shape index (κ2) is 3.74. The summed E-state index contributed by atoms with van der Waals surface area (Å²) >= 11 is 0. The van der Waals surface area contributed by atoms with Crippen LogP contribution in [0.25, 0.3) is 0 Å². The average Bonchev–Trinajstić information content (AvgIpc) is 2.74. The maximum atomic E-state index is 10.9. The van der Waals surface area contributed by atoms with Crippen LogP contribution in [0, 0.1) is 5.41 Å². The minimum atomic E-state index is -1.35. The van der Waals surface area contributed by atoms with Gasteiger partial charge in [-0.05, 0) is 13.8 Å². The molecule has 0 bridgehead atoms. The molecular formula is C11H20N6O3. The van der Waals surface area contributed by atoms with E-state index < -0.39 is 23.3 Å². The van der Waals surface area contributed by atoms with E-state index in [9.17, 15) is 15.4 Å². The zero-order chi connectivity index (χ0) is 14.9. The monoisotopic (exact) mass is 284 g/mol. The molecule has 20 heavy (non-hydrogen) atoms. The van der Waals surface area contributed by atoms with Gasteiger partial charge in [-0.25, -0.2) is 4.99 Å². The molecule has 3 rings (SSSR count). The predicted octanol–water partition coefficient (Wildman–Crippen LogP) is -2.19. The number of aliphatic hydroxyl groups is 2. The van der Waals surface area contributed by atoms with E-state index in [1.807, 2.05) is 6.92 Å². The first-order valence-corrected chi connectivity index (χ1v) is 6.57. The minimum Gasteiger partial charge on any atom is -0.394 e. The van der Waals surface area contributed by atoms with Gasteiger partial charge in [0.25, 0.3) is 0 Å². The molecule has 3 heterocycles. The third-order valence-corrected chi connectivity index (χ3v) is 4.66. The van der Waals surface area contributed by atoms with Crippen LogP contribution in [0.3, 0.4) is 0 Å². The maximum Gasteiger partial charge on any atom is 0.218 e. The Morgan fingerprint density at radius 3 is 2.85 bits per heavy atom. The van der Waals surface area contributed by atoms with Crippen LogP contribution in [0.4, 0.5) is 0 Å². The first-order chi connectivity index (χ1) is 9.27. The second-order valence-corrected chi connectivity index (χ2v) is 5.95. The molecule has 9 nitrogen and oxygen atoms in total. The molecule has 3 unspecified atom stereocenters. The number of nitrogens with one attached hydrogen (secondary N) is 2. The highest BCUT2D eigenvalue weighted by Crippen LogP contribution is 2.51. The molecule has 1 spiro atoms. The molecule has 5 atom stereocenters. The van der Waals surface area contributed by atoms with E-state index in [0.717, 1.165) is 5.06 Å². The highest BCUT2D eigenvalue weighted by Gasteiger charge is 2.73. The van der Waals surface area contributed by atoms with Crippen LogP contribution in [0.1, 0.15) is 20.3 Å². The van der Waals surface area contributed by atoms with Gasteiger partial charge in [-0.15, -0.1) is 0 Å². The summed E-state index contributed by atoms with van der Waals surface area (Å²) in [5, 5.41) is 42.5. The smallest absolute Gasteiger partial charge is 0.218 e. The van der Waals surface area contributed by atoms with Gasteiger partial charge in [0.2, 0.25) is 5.96 Å². The molecule has 0 aromatic rings. The Kier molecular flexibility index (Phi) is 2.51. The van der Waals surface area contributed by atoms with E-state index >= 15 is 0 Å². The van der Waals surface area contributed by atoms with E-state index in [-0.39, 0.29) is 24.6 Å². The largest absolute Gasteiger partial charge is 0.394 e. The Bertz CT molecular complexity index is 495. The molecule has 0 aromatic carbocycles. The van der Waals surface area contributed by atoms with Crippen molar-refractivity contribution < 1.29 is 15.4 Å². The molecule has 2 saturated heterocycles. The van der Waals surface area contributed by atoms with Crippen molar-refractivity contribution in [3.05, 3.63) is 0 Å². The van der Waals surface area contributed by atoms with Crippen molar-refractivity contribution in [2.45, 2.75) is 49.7 Å². The molecule has 3 aliphatic rings. The van der Waals surface area contributed by atoms with E-state index in [1.54, 1.807) is 11.8 Å². The fraction of sp³-hybridized carbons (Fsp3) is 0.818. The number of hydrogen-bond acceptors (Lipinski definition) is 7. The lowest BCUT2D eigenvalue weighted by Gasteiger charge is -2.54. The molecule has 3 aliphatic heterocycles. The van der Waals surface area contributed by atoms with Crippen molar-refractivity contribution in [3.8, 4) is 0 Å². The van der Waals surface area contributed by atoms with Gasteiger partial charge in [0.1, 0.15) is 11.6 Å². The Hall–Kier alpha value is -1.58. The van der Waals surface area contributed by atoms with Crippen molar-refractivity contribution in [2.75, 3.05) is 6.61 Å². The van der Waals surface area contributed by atoms with Gasteiger partial charge in [0.15, 0.2) is 11.6 Å². The zero-order valence-corrected chi connectivity index (χ0v) is 11.4. The number of aliphatic hydroxyl groups excluding tert-OH is 1. The van der Waals surface area contributed by atoms with Gasteiger partial charge in [-0.2, -0.15) is 5.06 Å². The van der Waals surface area contributed by atoms with Gasteiger partial charge in [-0.3, -0.25) is 10.6 Å². The van der Waals surface area contributed by atoms with Crippen molar-refractivity contribution >= 4 is 11.9 Å². The van der Waals surface area contributed by atoms with E-state index in [4.69, 9.17) is 11.1 Å². The number of guanidine groups is 2. The van der Waals surface area contributed by atoms with Gasteiger partial charge >= 0.3 is 0 Å². The van der Waals surface area contributed by atoms with Crippen LogP contribution in [0.15, 0.2) is 4.99 Å². The Morgan fingerprint density at radius 2 is 2.25 bits per heavy atom. The topological polar surface area (TPSA) is 141 Å². The molecule has 9 heteroatoms. The normalized spacial score (nSPS) is 47.0. The van der Waals surface area contributed by atoms with Crippen LogP contribution in [-0.2, 0) is 0 Å². The molecule has 7 N–H and O–H groups in total. The Morgan fingerprint density at radius 1 is 1.60 bits per heavy atom. The number of rotatable bonds is 1. The summed E-state index contributed by atoms with van der Waals surface area (Å²) in [4.78, 5) is 5.78. The second-order valence-electron chi connectivity index (χ2n) is 5.95. The standard InChI is InChI=1S/C11H20N6O3/c1-5-3-10(2,19)11-7(15-9(13)17(11)20)6(4-18)14-8(12)16(5)11/h5-7,18-20H,3-4H2,1-2H3,(H2,12,14)(H2,13,15)/t5-,6?,7?,10-,11?/m0/s1. The molecule has 0 radical (unpaired) electrons. The summed E-state index contributed by atoms with van der Waals surface area (Å²) in [7, 11) is 0. The number of aliphatic imine (C=N–C) groups is 1. The van der Waals surface area contributed by atoms with Gasteiger partial charge in [0, 0.05) is 12.5 Å². The van der Waals surface area contributed by atoms with Gasteiger partial charge in [0.05, 0.1) is 12.6 Å². The molecule has 2 fully saturated rings. The minimum absolute atomic E-state index is 0.0366. The van der Waals surface area contributed by atoms with E-state index in [0.29, 0.717) is 6.42 Å². The SMILES string of the molecule is C[C@H]1C[C@](C)(O)C23C(N=C(N)N2O)C(CO)NC(=N)N13. The maximum absolute atomic E-state index is 10.9. The number of hydrogen-bond donors (Lipinski definition) is 6. The molecule has 0 amide bonds.